The summed E-state index contributed by atoms with van der Waals surface area (Å²) in [6, 6.07) is 10.2. The van der Waals surface area contributed by atoms with Crippen LogP contribution in [-0.4, -0.2) is 39.6 Å². The number of rotatable bonds is 7. The number of methoxy groups -OCH3 is 1. The molecule has 0 N–H and O–H groups in total. The monoisotopic (exact) mass is 384 g/mol. The average Bonchev–Trinajstić information content (AvgIpc) is 2.65. The number of ketones is 1. The van der Waals surface area contributed by atoms with Gasteiger partial charge in [0.2, 0.25) is 15.6 Å². The Kier molecular flexibility index (Phi) is 6.04. The zero-order valence-electron chi connectivity index (χ0n) is 13.5. The summed E-state index contributed by atoms with van der Waals surface area (Å²) >= 11 is 0. The molecule has 138 valence electrons. The van der Waals surface area contributed by atoms with Crippen molar-refractivity contribution in [2.24, 2.45) is 0 Å². The predicted molar refractivity (Wildman–Crippen MR) is 87.2 cm³/mol. The molecule has 0 saturated carbocycles. The van der Waals surface area contributed by atoms with Crippen molar-refractivity contribution < 1.29 is 36.3 Å². The van der Waals surface area contributed by atoms with Crippen molar-refractivity contribution in [2.75, 3.05) is 13.7 Å². The largest absolute Gasteiger partial charge is 0.496 e. The van der Waals surface area contributed by atoms with Gasteiger partial charge in [0, 0.05) is 0 Å². The number of benzene rings is 2. The first-order valence-electron chi connectivity index (χ1n) is 7.23. The lowest BCUT2D eigenvalue weighted by molar-refractivity contribution is 0.0474. The number of carbonyl (C=O) groups excluding carboxylic acids is 2. The first-order valence-corrected chi connectivity index (χ1v) is 8.77. The van der Waals surface area contributed by atoms with Crippen LogP contribution in [-0.2, 0) is 14.6 Å². The van der Waals surface area contributed by atoms with Crippen LogP contribution < -0.4 is 4.74 Å². The van der Waals surface area contributed by atoms with E-state index in [0.717, 1.165) is 24.3 Å². The van der Waals surface area contributed by atoms with Gasteiger partial charge in [0.25, 0.3) is 0 Å². The normalized spacial score (nSPS) is 11.2. The topological polar surface area (TPSA) is 86.7 Å². The van der Waals surface area contributed by atoms with E-state index < -0.39 is 38.8 Å². The Hall–Kier alpha value is -2.81. The number of ether oxygens (including phenoxy) is 2. The third-order valence-electron chi connectivity index (χ3n) is 3.39. The van der Waals surface area contributed by atoms with Crippen molar-refractivity contribution >= 4 is 21.6 Å². The van der Waals surface area contributed by atoms with Crippen molar-refractivity contribution in [3.63, 3.8) is 0 Å². The van der Waals surface area contributed by atoms with Crippen LogP contribution in [0, 0.1) is 0 Å². The number of para-hydroxylation sites is 1. The van der Waals surface area contributed by atoms with Gasteiger partial charge in [-0.1, -0.05) is 12.1 Å². The smallest absolute Gasteiger partial charge is 0.341 e. The second kappa shape index (κ2) is 8.05. The summed E-state index contributed by atoms with van der Waals surface area (Å²) in [5.74, 6) is -4.61. The third kappa shape index (κ3) is 4.23. The van der Waals surface area contributed by atoms with Crippen LogP contribution in [0.15, 0.2) is 53.4 Å². The highest BCUT2D eigenvalue weighted by molar-refractivity contribution is 7.91. The molecular formula is C17H14F2O6S. The molecule has 2 aromatic carbocycles. The van der Waals surface area contributed by atoms with E-state index in [0.29, 0.717) is 5.75 Å². The number of carbonyl (C=O) groups is 2. The lowest BCUT2D eigenvalue weighted by Crippen LogP contribution is -2.15. The van der Waals surface area contributed by atoms with Crippen molar-refractivity contribution in [1.29, 1.82) is 0 Å². The molecular weight excluding hydrogens is 370 g/mol. The van der Waals surface area contributed by atoms with E-state index in [4.69, 9.17) is 9.47 Å². The molecule has 0 bridgehead atoms. The van der Waals surface area contributed by atoms with Gasteiger partial charge in [0.05, 0.1) is 23.1 Å². The summed E-state index contributed by atoms with van der Waals surface area (Å²) in [7, 11) is -3.35. The molecule has 0 fully saturated rings. The molecule has 0 radical (unpaired) electrons. The summed E-state index contributed by atoms with van der Waals surface area (Å²) < 4.78 is 57.5. The standard InChI is InChI=1S/C17H14F2O6S/c1-24-15-5-3-2-4-13(15)14(20)10-25-16(21)11-6-8-12(9-7-11)26(22,23)17(18)19/h2-9,17H,10H2,1H3. The van der Waals surface area contributed by atoms with Gasteiger partial charge in [-0.3, -0.25) is 4.79 Å². The molecule has 0 aromatic heterocycles. The number of hydrogen-bond donors (Lipinski definition) is 0. The summed E-state index contributed by atoms with van der Waals surface area (Å²) in [6.45, 7) is -0.559. The predicted octanol–water partition coefficient (Wildman–Crippen LogP) is 2.73. The van der Waals surface area contributed by atoms with Crippen LogP contribution >= 0.6 is 0 Å². The lowest BCUT2D eigenvalue weighted by Gasteiger charge is -2.08. The van der Waals surface area contributed by atoms with E-state index in [9.17, 15) is 26.8 Å². The van der Waals surface area contributed by atoms with E-state index in [-0.39, 0.29) is 11.1 Å². The highest BCUT2D eigenvalue weighted by atomic mass is 32.2. The van der Waals surface area contributed by atoms with Crippen molar-refractivity contribution in [2.45, 2.75) is 10.7 Å². The fraction of sp³-hybridized carbons (Fsp3) is 0.176. The molecule has 26 heavy (non-hydrogen) atoms. The molecule has 0 aliphatic carbocycles. The summed E-state index contributed by atoms with van der Waals surface area (Å²) in [5.41, 5.74) is 0.159. The second-order valence-corrected chi connectivity index (χ2v) is 6.95. The molecule has 6 nitrogen and oxygen atoms in total. The van der Waals surface area contributed by atoms with Crippen LogP contribution in [0.4, 0.5) is 8.78 Å². The van der Waals surface area contributed by atoms with Crippen LogP contribution in [0.5, 0.6) is 5.75 Å². The van der Waals surface area contributed by atoms with Gasteiger partial charge in [0.1, 0.15) is 5.75 Å². The lowest BCUT2D eigenvalue weighted by atomic mass is 10.1. The Labute approximate surface area is 148 Å². The van der Waals surface area contributed by atoms with E-state index in [2.05, 4.69) is 0 Å². The minimum Gasteiger partial charge on any atom is -0.496 e. The number of sulfone groups is 1. The fourth-order valence-electron chi connectivity index (χ4n) is 2.05. The van der Waals surface area contributed by atoms with E-state index >= 15 is 0 Å². The highest BCUT2D eigenvalue weighted by Gasteiger charge is 2.26. The molecule has 0 spiro atoms. The second-order valence-electron chi connectivity index (χ2n) is 5.03. The van der Waals surface area contributed by atoms with Gasteiger partial charge in [0.15, 0.2) is 6.61 Å². The molecule has 0 unspecified atom stereocenters. The third-order valence-corrected chi connectivity index (χ3v) is 4.79. The number of alkyl halides is 2. The van der Waals surface area contributed by atoms with Gasteiger partial charge in [-0.05, 0) is 36.4 Å². The number of Topliss-reactive ketones (excluding diaryl/α,β-unsaturated/α-hetero) is 1. The van der Waals surface area contributed by atoms with Gasteiger partial charge in [-0.15, -0.1) is 0 Å². The molecule has 0 aliphatic rings. The molecule has 0 saturated heterocycles. The van der Waals surface area contributed by atoms with Crippen molar-refractivity contribution in [3.05, 3.63) is 59.7 Å². The Morgan fingerprint density at radius 3 is 2.23 bits per heavy atom. The van der Waals surface area contributed by atoms with Crippen LogP contribution in [0.1, 0.15) is 20.7 Å². The Morgan fingerprint density at radius 2 is 1.65 bits per heavy atom. The quantitative estimate of drug-likeness (QED) is 0.539. The molecule has 0 heterocycles. The number of hydrogen-bond acceptors (Lipinski definition) is 6. The zero-order valence-corrected chi connectivity index (χ0v) is 14.3. The zero-order chi connectivity index (χ0) is 19.3. The molecule has 0 atom stereocenters. The van der Waals surface area contributed by atoms with Crippen LogP contribution in [0.3, 0.4) is 0 Å². The first kappa shape index (κ1) is 19.5. The minimum atomic E-state index is -4.74. The Bertz CT molecular complexity index is 907. The highest BCUT2D eigenvalue weighted by Crippen LogP contribution is 2.20. The molecule has 0 amide bonds. The van der Waals surface area contributed by atoms with Crippen LogP contribution in [0.25, 0.3) is 0 Å². The average molecular weight is 384 g/mol. The maximum atomic E-state index is 12.5. The summed E-state index contributed by atoms with van der Waals surface area (Å²) in [5, 5.41) is 0. The number of halogens is 2. The SMILES string of the molecule is COc1ccccc1C(=O)COC(=O)c1ccc(S(=O)(=O)C(F)F)cc1. The molecule has 2 aromatic rings. The minimum absolute atomic E-state index is 0.0777. The molecule has 0 aliphatic heterocycles. The maximum absolute atomic E-state index is 12.5. The van der Waals surface area contributed by atoms with Crippen molar-refractivity contribution in [3.8, 4) is 5.75 Å². The maximum Gasteiger partial charge on any atom is 0.341 e. The Balaban J connectivity index is 2.05. The van der Waals surface area contributed by atoms with Gasteiger partial charge in [-0.2, -0.15) is 8.78 Å². The Morgan fingerprint density at radius 1 is 1.04 bits per heavy atom. The molecule has 2 rings (SSSR count). The van der Waals surface area contributed by atoms with Crippen molar-refractivity contribution in [1.82, 2.24) is 0 Å². The van der Waals surface area contributed by atoms with E-state index in [1.165, 1.54) is 13.2 Å². The van der Waals surface area contributed by atoms with Gasteiger partial charge < -0.3 is 9.47 Å². The first-order chi connectivity index (χ1) is 12.3. The van der Waals surface area contributed by atoms with Gasteiger partial charge in [-0.25, -0.2) is 13.2 Å². The van der Waals surface area contributed by atoms with Crippen LogP contribution in [0.2, 0.25) is 0 Å². The summed E-state index contributed by atoms with van der Waals surface area (Å²) in [4.78, 5) is 23.4. The number of esters is 1. The fourth-order valence-corrected chi connectivity index (χ4v) is 2.77. The van der Waals surface area contributed by atoms with E-state index in [1.807, 2.05) is 0 Å². The summed E-state index contributed by atoms with van der Waals surface area (Å²) in [6.07, 6.45) is 0. The van der Waals surface area contributed by atoms with E-state index in [1.54, 1.807) is 18.2 Å². The van der Waals surface area contributed by atoms with Gasteiger partial charge >= 0.3 is 11.7 Å². The molecule has 9 heteroatoms.